The number of nitrogens with one attached hydrogen (secondary N) is 1. The number of carbonyl (C=O) groups excluding carboxylic acids is 1. The van der Waals surface area contributed by atoms with Crippen molar-refractivity contribution in [3.8, 4) is 0 Å². The lowest BCUT2D eigenvalue weighted by Crippen LogP contribution is -2.41. The molecule has 1 aromatic rings. The quantitative estimate of drug-likeness (QED) is 0.855. The van der Waals surface area contributed by atoms with Gasteiger partial charge in [-0.2, -0.15) is 0 Å². The van der Waals surface area contributed by atoms with Gasteiger partial charge in [0.2, 0.25) is 0 Å². The van der Waals surface area contributed by atoms with Crippen molar-refractivity contribution in [2.45, 2.75) is 38.6 Å². The first-order chi connectivity index (χ1) is 8.58. The number of benzene rings is 1. The Morgan fingerprint density at radius 1 is 1.39 bits per heavy atom. The van der Waals surface area contributed by atoms with Crippen LogP contribution in [-0.2, 0) is 0 Å². The standard InChI is InChI=1S/C14H17BrClNO/c1-9-4-2-3-5-13(9)17-14(18)11-7-6-10(16)8-12(11)15/h6-9,13H,2-5H2,1H3,(H,17,18). The highest BCUT2D eigenvalue weighted by Gasteiger charge is 2.23. The minimum atomic E-state index is -0.0164. The van der Waals surface area contributed by atoms with E-state index in [9.17, 15) is 4.79 Å². The van der Waals surface area contributed by atoms with E-state index >= 15 is 0 Å². The molecule has 0 bridgehead atoms. The van der Waals surface area contributed by atoms with E-state index in [1.54, 1.807) is 18.2 Å². The number of halogens is 2. The number of hydrogen-bond acceptors (Lipinski definition) is 1. The maximum Gasteiger partial charge on any atom is 0.252 e. The van der Waals surface area contributed by atoms with Gasteiger partial charge in [0.15, 0.2) is 0 Å². The zero-order valence-corrected chi connectivity index (χ0v) is 12.7. The molecule has 1 aliphatic carbocycles. The van der Waals surface area contributed by atoms with Crippen molar-refractivity contribution < 1.29 is 4.79 Å². The summed E-state index contributed by atoms with van der Waals surface area (Å²) in [5.41, 5.74) is 0.650. The van der Waals surface area contributed by atoms with Gasteiger partial charge in [-0.1, -0.05) is 31.4 Å². The molecule has 4 heteroatoms. The summed E-state index contributed by atoms with van der Waals surface area (Å²) < 4.78 is 0.746. The second-order valence-corrected chi connectivity index (χ2v) is 6.26. The van der Waals surface area contributed by atoms with Crippen LogP contribution in [0.25, 0.3) is 0 Å². The first-order valence-corrected chi connectivity index (χ1v) is 7.51. The van der Waals surface area contributed by atoms with E-state index in [0.29, 0.717) is 22.5 Å². The maximum atomic E-state index is 12.2. The lowest BCUT2D eigenvalue weighted by molar-refractivity contribution is 0.0909. The van der Waals surface area contributed by atoms with Crippen LogP contribution in [-0.4, -0.2) is 11.9 Å². The van der Waals surface area contributed by atoms with Gasteiger partial charge in [0.25, 0.3) is 5.91 Å². The fraction of sp³-hybridized carbons (Fsp3) is 0.500. The van der Waals surface area contributed by atoms with Gasteiger partial charge >= 0.3 is 0 Å². The Balaban J connectivity index is 2.07. The average molecular weight is 331 g/mol. The van der Waals surface area contributed by atoms with Gasteiger partial charge in [-0.25, -0.2) is 0 Å². The number of rotatable bonds is 2. The molecule has 0 aliphatic heterocycles. The van der Waals surface area contributed by atoms with Crippen molar-refractivity contribution in [1.82, 2.24) is 5.32 Å². The molecular weight excluding hydrogens is 314 g/mol. The number of amides is 1. The lowest BCUT2D eigenvalue weighted by Gasteiger charge is -2.29. The second kappa shape index (κ2) is 6.07. The summed E-state index contributed by atoms with van der Waals surface area (Å²) in [6.07, 6.45) is 4.76. The minimum absolute atomic E-state index is 0.0164. The predicted molar refractivity (Wildman–Crippen MR) is 78.0 cm³/mol. The van der Waals surface area contributed by atoms with Crippen LogP contribution in [0.1, 0.15) is 43.0 Å². The molecule has 2 unspecified atom stereocenters. The van der Waals surface area contributed by atoms with E-state index in [1.807, 2.05) is 0 Å². The third kappa shape index (κ3) is 3.27. The molecule has 0 saturated heterocycles. The maximum absolute atomic E-state index is 12.2. The topological polar surface area (TPSA) is 29.1 Å². The molecule has 2 rings (SSSR count). The molecule has 98 valence electrons. The van der Waals surface area contributed by atoms with Crippen LogP contribution in [0.2, 0.25) is 5.02 Å². The minimum Gasteiger partial charge on any atom is -0.349 e. The molecule has 0 radical (unpaired) electrons. The van der Waals surface area contributed by atoms with Gasteiger partial charge in [-0.15, -0.1) is 0 Å². The highest BCUT2D eigenvalue weighted by molar-refractivity contribution is 9.10. The van der Waals surface area contributed by atoms with Crippen molar-refractivity contribution >= 4 is 33.4 Å². The predicted octanol–water partition coefficient (Wildman–Crippen LogP) is 4.41. The first-order valence-electron chi connectivity index (χ1n) is 6.34. The molecule has 0 spiro atoms. The van der Waals surface area contributed by atoms with Crippen molar-refractivity contribution in [2.24, 2.45) is 5.92 Å². The molecule has 0 aromatic heterocycles. The molecule has 18 heavy (non-hydrogen) atoms. The van der Waals surface area contributed by atoms with Gasteiger partial charge in [0.1, 0.15) is 0 Å². The second-order valence-electron chi connectivity index (χ2n) is 4.97. The van der Waals surface area contributed by atoms with E-state index in [4.69, 9.17) is 11.6 Å². The third-order valence-electron chi connectivity index (χ3n) is 3.60. The van der Waals surface area contributed by atoms with E-state index < -0.39 is 0 Å². The SMILES string of the molecule is CC1CCCCC1NC(=O)c1ccc(Cl)cc1Br. The molecule has 1 aromatic carbocycles. The Bertz CT molecular complexity index is 449. The largest absolute Gasteiger partial charge is 0.349 e. The number of carbonyl (C=O) groups is 1. The smallest absolute Gasteiger partial charge is 0.252 e. The van der Waals surface area contributed by atoms with Crippen LogP contribution >= 0.6 is 27.5 Å². The molecule has 1 amide bonds. The van der Waals surface area contributed by atoms with Crippen LogP contribution in [0, 0.1) is 5.92 Å². The number of hydrogen-bond donors (Lipinski definition) is 1. The van der Waals surface area contributed by atoms with E-state index in [2.05, 4.69) is 28.2 Å². The van der Waals surface area contributed by atoms with Gasteiger partial charge in [0.05, 0.1) is 5.56 Å². The molecule has 1 saturated carbocycles. The van der Waals surface area contributed by atoms with Crippen molar-refractivity contribution in [3.05, 3.63) is 33.3 Å². The van der Waals surface area contributed by atoms with Crippen molar-refractivity contribution in [1.29, 1.82) is 0 Å². The van der Waals surface area contributed by atoms with Gasteiger partial charge in [0, 0.05) is 15.5 Å². The normalized spacial score (nSPS) is 23.7. The molecule has 0 heterocycles. The Morgan fingerprint density at radius 2 is 2.11 bits per heavy atom. The molecule has 1 N–H and O–H groups in total. The monoisotopic (exact) mass is 329 g/mol. The Morgan fingerprint density at radius 3 is 2.78 bits per heavy atom. The van der Waals surface area contributed by atoms with E-state index in [-0.39, 0.29) is 5.91 Å². The Hall–Kier alpha value is -0.540. The van der Waals surface area contributed by atoms with Crippen LogP contribution in [0.15, 0.2) is 22.7 Å². The zero-order chi connectivity index (χ0) is 13.1. The summed E-state index contributed by atoms with van der Waals surface area (Å²) in [6, 6.07) is 5.55. The summed E-state index contributed by atoms with van der Waals surface area (Å²) in [6.45, 7) is 2.21. The molecule has 1 fully saturated rings. The lowest BCUT2D eigenvalue weighted by atomic mass is 9.86. The van der Waals surface area contributed by atoms with Crippen LogP contribution < -0.4 is 5.32 Å². The highest BCUT2D eigenvalue weighted by Crippen LogP contribution is 2.25. The van der Waals surface area contributed by atoms with Crippen LogP contribution in [0.3, 0.4) is 0 Å². The molecule has 2 nitrogen and oxygen atoms in total. The molecule has 1 aliphatic rings. The van der Waals surface area contributed by atoms with Gasteiger partial charge in [-0.05, 0) is 52.9 Å². The van der Waals surface area contributed by atoms with E-state index in [0.717, 1.165) is 10.9 Å². The average Bonchev–Trinajstić information content (AvgIpc) is 2.32. The molecular formula is C14H17BrClNO. The van der Waals surface area contributed by atoms with Gasteiger partial charge in [-0.3, -0.25) is 4.79 Å². The first kappa shape index (κ1) is 13.9. The van der Waals surface area contributed by atoms with Crippen molar-refractivity contribution in [2.75, 3.05) is 0 Å². The van der Waals surface area contributed by atoms with Crippen LogP contribution in [0.4, 0.5) is 0 Å². The summed E-state index contributed by atoms with van der Waals surface area (Å²) in [7, 11) is 0. The zero-order valence-electron chi connectivity index (χ0n) is 10.4. The fourth-order valence-corrected chi connectivity index (χ4v) is 3.31. The molecule has 2 atom stereocenters. The highest BCUT2D eigenvalue weighted by atomic mass is 79.9. The fourth-order valence-electron chi connectivity index (χ4n) is 2.45. The Labute approximate surface area is 121 Å². The summed E-state index contributed by atoms with van der Waals surface area (Å²) >= 11 is 9.26. The van der Waals surface area contributed by atoms with E-state index in [1.165, 1.54) is 19.3 Å². The third-order valence-corrected chi connectivity index (χ3v) is 4.49. The summed E-state index contributed by atoms with van der Waals surface area (Å²) in [5.74, 6) is 0.547. The summed E-state index contributed by atoms with van der Waals surface area (Å²) in [5, 5.41) is 3.76. The van der Waals surface area contributed by atoms with Gasteiger partial charge < -0.3 is 5.32 Å². The van der Waals surface area contributed by atoms with Crippen molar-refractivity contribution in [3.63, 3.8) is 0 Å². The summed E-state index contributed by atoms with van der Waals surface area (Å²) in [4.78, 5) is 12.2. The Kier molecular flexibility index (Phi) is 4.68. The van der Waals surface area contributed by atoms with Crippen LogP contribution in [0.5, 0.6) is 0 Å².